The molecule has 1 rings (SSSR count). The highest BCUT2D eigenvalue weighted by Gasteiger charge is 2.32. The van der Waals surface area contributed by atoms with Crippen LogP contribution in [0.4, 0.5) is 0 Å². The highest BCUT2D eigenvalue weighted by molar-refractivity contribution is 5.80. The number of methoxy groups -OCH3 is 1. The number of ether oxygens (including phenoxy) is 1. The Kier molecular flexibility index (Phi) is 5.16. The molecule has 1 aromatic rings. The van der Waals surface area contributed by atoms with Gasteiger partial charge >= 0.3 is 5.97 Å². The lowest BCUT2D eigenvalue weighted by Gasteiger charge is -2.27. The average molecular weight is 251 g/mol. The van der Waals surface area contributed by atoms with E-state index in [9.17, 15) is 9.90 Å². The van der Waals surface area contributed by atoms with Crippen molar-refractivity contribution in [1.82, 2.24) is 5.32 Å². The number of aromatic hydroxyl groups is 1. The molecule has 0 heterocycles. The van der Waals surface area contributed by atoms with Gasteiger partial charge in [-0.3, -0.25) is 4.79 Å². The lowest BCUT2D eigenvalue weighted by molar-refractivity contribution is -0.148. The minimum atomic E-state index is -0.665. The van der Waals surface area contributed by atoms with E-state index in [2.05, 4.69) is 5.32 Å². The van der Waals surface area contributed by atoms with E-state index in [0.29, 0.717) is 13.0 Å². The van der Waals surface area contributed by atoms with Gasteiger partial charge in [-0.15, -0.1) is 0 Å². The summed E-state index contributed by atoms with van der Waals surface area (Å²) >= 11 is 0. The van der Waals surface area contributed by atoms with Gasteiger partial charge in [0.25, 0.3) is 0 Å². The van der Waals surface area contributed by atoms with Crippen molar-refractivity contribution in [2.45, 2.75) is 32.2 Å². The van der Waals surface area contributed by atoms with Crippen LogP contribution in [0.25, 0.3) is 0 Å². The van der Waals surface area contributed by atoms with Crippen molar-refractivity contribution >= 4 is 5.97 Å². The fourth-order valence-corrected chi connectivity index (χ4v) is 1.93. The third-order valence-corrected chi connectivity index (χ3v) is 3.05. The zero-order chi connectivity index (χ0) is 13.6. The molecule has 100 valence electrons. The van der Waals surface area contributed by atoms with Gasteiger partial charge < -0.3 is 15.2 Å². The van der Waals surface area contributed by atoms with E-state index in [1.165, 1.54) is 7.11 Å². The van der Waals surface area contributed by atoms with Crippen molar-refractivity contribution < 1.29 is 14.6 Å². The van der Waals surface area contributed by atoms with Gasteiger partial charge in [0, 0.05) is 0 Å². The number of likely N-dealkylation sites (N-methyl/N-ethyl adjacent to an activating group) is 1. The quantitative estimate of drug-likeness (QED) is 0.758. The summed E-state index contributed by atoms with van der Waals surface area (Å²) < 4.78 is 4.83. The van der Waals surface area contributed by atoms with E-state index in [-0.39, 0.29) is 11.7 Å². The minimum Gasteiger partial charge on any atom is -0.508 e. The Morgan fingerprint density at radius 2 is 2.00 bits per heavy atom. The molecule has 1 unspecified atom stereocenters. The fraction of sp³-hybridized carbons (Fsp3) is 0.500. The SMILES string of the molecule is CCNC(C)(CCc1ccc(O)cc1)C(=O)OC. The topological polar surface area (TPSA) is 58.6 Å². The third kappa shape index (κ3) is 3.74. The van der Waals surface area contributed by atoms with Gasteiger partial charge in [-0.05, 0) is 44.0 Å². The molecule has 18 heavy (non-hydrogen) atoms. The van der Waals surface area contributed by atoms with Crippen LogP contribution in [0.1, 0.15) is 25.8 Å². The summed E-state index contributed by atoms with van der Waals surface area (Å²) in [5.74, 6) is 0.00397. The van der Waals surface area contributed by atoms with Crippen molar-refractivity contribution in [2.24, 2.45) is 0 Å². The number of hydrogen-bond acceptors (Lipinski definition) is 4. The van der Waals surface area contributed by atoms with E-state index in [1.54, 1.807) is 12.1 Å². The molecule has 0 aliphatic rings. The Bertz CT molecular complexity index is 389. The van der Waals surface area contributed by atoms with Gasteiger partial charge in [-0.2, -0.15) is 0 Å². The summed E-state index contributed by atoms with van der Waals surface area (Å²) in [6.45, 7) is 4.52. The van der Waals surface area contributed by atoms with Crippen LogP contribution < -0.4 is 5.32 Å². The Morgan fingerprint density at radius 1 is 1.39 bits per heavy atom. The molecule has 0 saturated carbocycles. The van der Waals surface area contributed by atoms with Gasteiger partial charge in [0.15, 0.2) is 0 Å². The lowest BCUT2D eigenvalue weighted by Crippen LogP contribution is -2.50. The standard InChI is InChI=1S/C14H21NO3/c1-4-15-14(2,13(17)18-3)10-9-11-5-7-12(16)8-6-11/h5-8,15-16H,4,9-10H2,1-3H3. The van der Waals surface area contributed by atoms with Crippen LogP contribution in [-0.2, 0) is 16.0 Å². The number of hydrogen-bond donors (Lipinski definition) is 2. The summed E-state index contributed by atoms with van der Waals surface area (Å²) in [4.78, 5) is 11.8. The Hall–Kier alpha value is -1.55. The van der Waals surface area contributed by atoms with Crippen molar-refractivity contribution in [3.63, 3.8) is 0 Å². The Morgan fingerprint density at radius 3 is 2.50 bits per heavy atom. The number of phenolic OH excluding ortho intramolecular Hbond substituents is 1. The molecule has 0 radical (unpaired) electrons. The van der Waals surface area contributed by atoms with Crippen LogP contribution in [0.3, 0.4) is 0 Å². The van der Waals surface area contributed by atoms with Crippen LogP contribution in [0, 0.1) is 0 Å². The molecular weight excluding hydrogens is 230 g/mol. The molecule has 0 fully saturated rings. The molecule has 4 heteroatoms. The van der Waals surface area contributed by atoms with E-state index in [0.717, 1.165) is 12.0 Å². The van der Waals surface area contributed by atoms with Gasteiger partial charge in [-0.1, -0.05) is 19.1 Å². The second-order valence-electron chi connectivity index (χ2n) is 4.52. The number of rotatable bonds is 6. The summed E-state index contributed by atoms with van der Waals surface area (Å²) in [5.41, 5.74) is 0.419. The largest absolute Gasteiger partial charge is 0.508 e. The molecular formula is C14H21NO3. The maximum atomic E-state index is 11.8. The first kappa shape index (κ1) is 14.5. The normalized spacial score (nSPS) is 13.9. The van der Waals surface area contributed by atoms with Gasteiger partial charge in [0.1, 0.15) is 11.3 Å². The molecule has 1 aromatic carbocycles. The van der Waals surface area contributed by atoms with Crippen LogP contribution in [-0.4, -0.2) is 30.3 Å². The van der Waals surface area contributed by atoms with Gasteiger partial charge in [0.05, 0.1) is 7.11 Å². The zero-order valence-electron chi connectivity index (χ0n) is 11.2. The van der Waals surface area contributed by atoms with Crippen molar-refractivity contribution in [2.75, 3.05) is 13.7 Å². The highest BCUT2D eigenvalue weighted by Crippen LogP contribution is 2.17. The van der Waals surface area contributed by atoms with Crippen molar-refractivity contribution in [3.8, 4) is 5.75 Å². The van der Waals surface area contributed by atoms with Crippen molar-refractivity contribution in [3.05, 3.63) is 29.8 Å². The summed E-state index contributed by atoms with van der Waals surface area (Å²) in [6, 6.07) is 7.02. The minimum absolute atomic E-state index is 0.247. The summed E-state index contributed by atoms with van der Waals surface area (Å²) in [5, 5.41) is 12.4. The molecule has 0 spiro atoms. The van der Waals surface area contributed by atoms with E-state index >= 15 is 0 Å². The zero-order valence-corrected chi connectivity index (χ0v) is 11.2. The number of carbonyl (C=O) groups excluding carboxylic acids is 1. The molecule has 0 bridgehead atoms. The first-order valence-corrected chi connectivity index (χ1v) is 6.13. The summed E-state index contributed by atoms with van der Waals surface area (Å²) in [7, 11) is 1.40. The second kappa shape index (κ2) is 6.40. The number of nitrogens with one attached hydrogen (secondary N) is 1. The number of phenols is 1. The second-order valence-corrected chi connectivity index (χ2v) is 4.52. The van der Waals surface area contributed by atoms with E-state index in [4.69, 9.17) is 4.74 Å². The van der Waals surface area contributed by atoms with Crippen LogP contribution in [0.5, 0.6) is 5.75 Å². The lowest BCUT2D eigenvalue weighted by atomic mass is 9.93. The van der Waals surface area contributed by atoms with Gasteiger partial charge in [0.2, 0.25) is 0 Å². The molecule has 0 aliphatic carbocycles. The number of carbonyl (C=O) groups is 1. The highest BCUT2D eigenvalue weighted by atomic mass is 16.5. The maximum Gasteiger partial charge on any atom is 0.325 e. The number of benzene rings is 1. The fourth-order valence-electron chi connectivity index (χ4n) is 1.93. The third-order valence-electron chi connectivity index (χ3n) is 3.05. The molecule has 1 atom stereocenters. The molecule has 0 aromatic heterocycles. The number of aryl methyl sites for hydroxylation is 1. The Labute approximate surface area is 108 Å². The maximum absolute atomic E-state index is 11.8. The van der Waals surface area contributed by atoms with Crippen LogP contribution in [0.15, 0.2) is 24.3 Å². The average Bonchev–Trinajstić information content (AvgIpc) is 2.37. The van der Waals surface area contributed by atoms with Crippen molar-refractivity contribution in [1.29, 1.82) is 0 Å². The van der Waals surface area contributed by atoms with Crippen LogP contribution in [0.2, 0.25) is 0 Å². The van der Waals surface area contributed by atoms with Crippen LogP contribution >= 0.6 is 0 Å². The van der Waals surface area contributed by atoms with E-state index in [1.807, 2.05) is 26.0 Å². The Balaban J connectivity index is 2.67. The molecule has 4 nitrogen and oxygen atoms in total. The molecule has 0 amide bonds. The summed E-state index contributed by atoms with van der Waals surface area (Å²) in [6.07, 6.45) is 1.40. The predicted octanol–water partition coefficient (Wildman–Crippen LogP) is 1.87. The smallest absolute Gasteiger partial charge is 0.325 e. The first-order chi connectivity index (χ1) is 8.51. The molecule has 2 N–H and O–H groups in total. The predicted molar refractivity (Wildman–Crippen MR) is 70.5 cm³/mol. The monoisotopic (exact) mass is 251 g/mol. The first-order valence-electron chi connectivity index (χ1n) is 6.13. The molecule has 0 saturated heterocycles. The number of esters is 1. The van der Waals surface area contributed by atoms with Gasteiger partial charge in [-0.25, -0.2) is 0 Å². The van der Waals surface area contributed by atoms with E-state index < -0.39 is 5.54 Å². The molecule has 0 aliphatic heterocycles.